The Balaban J connectivity index is 2.86. The number of nitrogens with two attached hydrogens (primary N) is 1. The Bertz CT molecular complexity index is 540. The lowest BCUT2D eigenvalue weighted by Gasteiger charge is -2.19. The minimum absolute atomic E-state index is 0.0292. The molecule has 18 heavy (non-hydrogen) atoms. The molecule has 0 radical (unpaired) electrons. The van der Waals surface area contributed by atoms with Gasteiger partial charge in [-0.1, -0.05) is 5.16 Å². The molecule has 0 bridgehead atoms. The zero-order chi connectivity index (χ0) is 14.0. The van der Waals surface area contributed by atoms with E-state index in [9.17, 15) is 8.42 Å². The second-order valence-corrected chi connectivity index (χ2v) is 7.72. The summed E-state index contributed by atoms with van der Waals surface area (Å²) in [4.78, 5) is 3.90. The standard InChI is InChI=1S/C10H18N4O3S/c1-10(2,3)18(16,17)7-6-14-5-4-12-9(14)8(11)13-15/h4-5,15H,6-7H2,1-3H3,(H2,11,13). The zero-order valence-electron chi connectivity index (χ0n) is 10.7. The number of aromatic nitrogens is 2. The van der Waals surface area contributed by atoms with Crippen molar-refractivity contribution in [2.75, 3.05) is 5.75 Å². The van der Waals surface area contributed by atoms with Gasteiger partial charge in [0.1, 0.15) is 0 Å². The number of hydrogen-bond donors (Lipinski definition) is 2. The molecular formula is C10H18N4O3S. The van der Waals surface area contributed by atoms with Crippen LogP contribution >= 0.6 is 0 Å². The maximum absolute atomic E-state index is 12.0. The molecular weight excluding hydrogens is 256 g/mol. The average Bonchev–Trinajstić information content (AvgIpc) is 2.72. The highest BCUT2D eigenvalue weighted by molar-refractivity contribution is 7.92. The number of oxime groups is 1. The first-order chi connectivity index (χ1) is 8.19. The number of rotatable bonds is 4. The van der Waals surface area contributed by atoms with E-state index in [0.29, 0.717) is 0 Å². The van der Waals surface area contributed by atoms with Crippen LogP contribution in [0.15, 0.2) is 17.5 Å². The molecule has 0 aliphatic heterocycles. The molecule has 1 heterocycles. The second kappa shape index (κ2) is 4.97. The summed E-state index contributed by atoms with van der Waals surface area (Å²) in [5.74, 6) is 0.0771. The maximum Gasteiger partial charge on any atom is 0.206 e. The molecule has 7 nitrogen and oxygen atoms in total. The van der Waals surface area contributed by atoms with E-state index in [0.717, 1.165) is 0 Å². The van der Waals surface area contributed by atoms with Gasteiger partial charge in [-0.3, -0.25) is 0 Å². The van der Waals surface area contributed by atoms with Crippen LogP contribution in [0.2, 0.25) is 0 Å². The summed E-state index contributed by atoms with van der Waals surface area (Å²) in [6, 6.07) is 0. The van der Waals surface area contributed by atoms with E-state index in [2.05, 4.69) is 10.1 Å². The molecule has 0 spiro atoms. The molecule has 0 amide bonds. The van der Waals surface area contributed by atoms with Crippen molar-refractivity contribution in [3.05, 3.63) is 18.2 Å². The van der Waals surface area contributed by atoms with Gasteiger partial charge in [0.05, 0.1) is 10.5 Å². The highest BCUT2D eigenvalue weighted by atomic mass is 32.2. The molecule has 1 rings (SSSR count). The third-order valence-corrected chi connectivity index (χ3v) is 5.17. The number of sulfone groups is 1. The Morgan fingerprint density at radius 2 is 2.17 bits per heavy atom. The first-order valence-corrected chi connectivity index (χ1v) is 7.05. The predicted molar refractivity (Wildman–Crippen MR) is 68.3 cm³/mol. The number of amidine groups is 1. The number of aryl methyl sites for hydroxylation is 1. The fourth-order valence-electron chi connectivity index (χ4n) is 1.29. The van der Waals surface area contributed by atoms with E-state index < -0.39 is 14.6 Å². The fraction of sp³-hybridized carbons (Fsp3) is 0.600. The molecule has 0 aliphatic rings. The fourth-order valence-corrected chi connectivity index (χ4v) is 2.34. The molecule has 0 atom stereocenters. The predicted octanol–water partition coefficient (Wildman–Crippen LogP) is 0.191. The monoisotopic (exact) mass is 274 g/mol. The Labute approximate surface area is 106 Å². The molecule has 0 fully saturated rings. The van der Waals surface area contributed by atoms with Crippen LogP contribution in [0.5, 0.6) is 0 Å². The highest BCUT2D eigenvalue weighted by Gasteiger charge is 2.28. The van der Waals surface area contributed by atoms with E-state index in [4.69, 9.17) is 10.9 Å². The first kappa shape index (κ1) is 14.5. The average molecular weight is 274 g/mol. The maximum atomic E-state index is 12.0. The Morgan fingerprint density at radius 1 is 1.56 bits per heavy atom. The van der Waals surface area contributed by atoms with E-state index in [-0.39, 0.29) is 24.0 Å². The van der Waals surface area contributed by atoms with Crippen LogP contribution < -0.4 is 5.73 Å². The van der Waals surface area contributed by atoms with Gasteiger partial charge in [0.15, 0.2) is 15.7 Å². The lowest BCUT2D eigenvalue weighted by atomic mass is 10.3. The van der Waals surface area contributed by atoms with Gasteiger partial charge in [0.25, 0.3) is 0 Å². The third kappa shape index (κ3) is 3.00. The van der Waals surface area contributed by atoms with Crippen LogP contribution in [-0.4, -0.2) is 39.5 Å². The molecule has 1 aromatic heterocycles. The van der Waals surface area contributed by atoms with E-state index in [1.165, 1.54) is 6.20 Å². The molecule has 8 heteroatoms. The third-order valence-electron chi connectivity index (χ3n) is 2.59. The van der Waals surface area contributed by atoms with Gasteiger partial charge in [-0.05, 0) is 20.8 Å². The minimum atomic E-state index is -3.21. The summed E-state index contributed by atoms with van der Waals surface area (Å²) < 4.78 is 24.6. The van der Waals surface area contributed by atoms with Gasteiger partial charge in [-0.25, -0.2) is 13.4 Å². The summed E-state index contributed by atoms with van der Waals surface area (Å²) >= 11 is 0. The van der Waals surface area contributed by atoms with Crippen molar-refractivity contribution in [3.8, 4) is 0 Å². The molecule has 3 N–H and O–H groups in total. The van der Waals surface area contributed by atoms with Crippen LogP contribution in [0.4, 0.5) is 0 Å². The summed E-state index contributed by atoms with van der Waals surface area (Å²) in [6.07, 6.45) is 3.06. The molecule has 1 aromatic rings. The van der Waals surface area contributed by atoms with Crippen molar-refractivity contribution >= 4 is 15.7 Å². The van der Waals surface area contributed by atoms with E-state index >= 15 is 0 Å². The van der Waals surface area contributed by atoms with Gasteiger partial charge < -0.3 is 15.5 Å². The van der Waals surface area contributed by atoms with Crippen molar-refractivity contribution in [2.24, 2.45) is 10.9 Å². The molecule has 0 saturated carbocycles. The summed E-state index contributed by atoms with van der Waals surface area (Å²) in [5, 5.41) is 11.4. The summed E-state index contributed by atoms with van der Waals surface area (Å²) in [5.41, 5.74) is 5.43. The summed E-state index contributed by atoms with van der Waals surface area (Å²) in [6.45, 7) is 5.17. The number of imidazole rings is 1. The van der Waals surface area contributed by atoms with Gasteiger partial charge in [-0.2, -0.15) is 0 Å². The second-order valence-electron chi connectivity index (χ2n) is 4.86. The Hall–Kier alpha value is -1.57. The number of hydrogen-bond acceptors (Lipinski definition) is 5. The van der Waals surface area contributed by atoms with Gasteiger partial charge >= 0.3 is 0 Å². The minimum Gasteiger partial charge on any atom is -0.409 e. The lowest BCUT2D eigenvalue weighted by molar-refractivity contribution is 0.318. The summed E-state index contributed by atoms with van der Waals surface area (Å²) in [7, 11) is -3.21. The van der Waals surface area contributed by atoms with Crippen molar-refractivity contribution in [1.82, 2.24) is 9.55 Å². The zero-order valence-corrected chi connectivity index (χ0v) is 11.5. The smallest absolute Gasteiger partial charge is 0.206 e. The van der Waals surface area contributed by atoms with Gasteiger partial charge in [-0.15, -0.1) is 0 Å². The Kier molecular flexibility index (Phi) is 4.00. The molecule has 0 aromatic carbocycles. The van der Waals surface area contributed by atoms with Crippen molar-refractivity contribution in [3.63, 3.8) is 0 Å². The quantitative estimate of drug-likeness (QED) is 0.352. The Morgan fingerprint density at radius 3 is 2.67 bits per heavy atom. The van der Waals surface area contributed by atoms with Crippen molar-refractivity contribution < 1.29 is 13.6 Å². The molecule has 0 saturated heterocycles. The van der Waals surface area contributed by atoms with Crippen LogP contribution in [0.3, 0.4) is 0 Å². The molecule has 0 aliphatic carbocycles. The van der Waals surface area contributed by atoms with Gasteiger partial charge in [0.2, 0.25) is 5.84 Å². The van der Waals surface area contributed by atoms with Crippen LogP contribution in [0, 0.1) is 0 Å². The van der Waals surface area contributed by atoms with Crippen molar-refractivity contribution in [1.29, 1.82) is 0 Å². The highest BCUT2D eigenvalue weighted by Crippen LogP contribution is 2.16. The van der Waals surface area contributed by atoms with Crippen LogP contribution in [0.25, 0.3) is 0 Å². The van der Waals surface area contributed by atoms with E-state index in [1.54, 1.807) is 31.5 Å². The first-order valence-electron chi connectivity index (χ1n) is 5.40. The van der Waals surface area contributed by atoms with Crippen LogP contribution in [0.1, 0.15) is 26.6 Å². The topological polar surface area (TPSA) is 111 Å². The van der Waals surface area contributed by atoms with Gasteiger partial charge in [0, 0.05) is 18.9 Å². The van der Waals surface area contributed by atoms with E-state index in [1.807, 2.05) is 0 Å². The molecule has 0 unspecified atom stereocenters. The SMILES string of the molecule is CC(C)(C)S(=O)(=O)CCn1ccnc1/C(N)=N/O. The van der Waals surface area contributed by atoms with Crippen LogP contribution in [-0.2, 0) is 16.4 Å². The molecule has 102 valence electrons. The number of nitrogens with zero attached hydrogens (tertiary/aromatic N) is 3. The lowest BCUT2D eigenvalue weighted by Crippen LogP contribution is -2.32. The largest absolute Gasteiger partial charge is 0.409 e. The van der Waals surface area contributed by atoms with Crippen molar-refractivity contribution in [2.45, 2.75) is 32.1 Å². The normalized spacial score (nSPS) is 13.8.